The summed E-state index contributed by atoms with van der Waals surface area (Å²) in [7, 11) is 0. The molecule has 0 amide bonds. The first-order valence-corrected chi connectivity index (χ1v) is 7.64. The van der Waals surface area contributed by atoms with Crippen molar-refractivity contribution in [1.82, 2.24) is 4.98 Å². The molecule has 0 saturated heterocycles. The molecule has 2 nitrogen and oxygen atoms in total. The average molecular weight is 272 g/mol. The molecule has 3 rings (SSSR count). The van der Waals surface area contributed by atoms with E-state index in [9.17, 15) is 0 Å². The molecule has 1 atom stereocenters. The Kier molecular flexibility index (Phi) is 2.99. The predicted octanol–water partition coefficient (Wildman–Crippen LogP) is 3.71. The maximum Gasteiger partial charge on any atom is 0.100 e. The van der Waals surface area contributed by atoms with Gasteiger partial charge < -0.3 is 5.73 Å². The van der Waals surface area contributed by atoms with E-state index in [-0.39, 0.29) is 5.41 Å². The predicted molar refractivity (Wildman–Crippen MR) is 81.7 cm³/mol. The van der Waals surface area contributed by atoms with Gasteiger partial charge in [0.15, 0.2) is 0 Å². The minimum absolute atomic E-state index is 0.0276. The number of nitrogens with zero attached hydrogens (tertiary/aromatic N) is 1. The summed E-state index contributed by atoms with van der Waals surface area (Å²) in [5, 5.41) is 1.17. The van der Waals surface area contributed by atoms with Crippen LogP contribution in [0.5, 0.6) is 0 Å². The van der Waals surface area contributed by atoms with Gasteiger partial charge in [0.1, 0.15) is 5.01 Å². The summed E-state index contributed by atoms with van der Waals surface area (Å²) >= 11 is 1.84. The molecule has 0 saturated carbocycles. The molecule has 2 aromatic rings. The first-order valence-electron chi connectivity index (χ1n) is 6.82. The molecule has 0 spiro atoms. The summed E-state index contributed by atoms with van der Waals surface area (Å²) in [6.45, 7) is 7.28. The Balaban J connectivity index is 2.15. The summed E-state index contributed by atoms with van der Waals surface area (Å²) in [6.07, 6.45) is 1.10. The van der Waals surface area contributed by atoms with E-state index in [1.165, 1.54) is 26.7 Å². The van der Waals surface area contributed by atoms with Gasteiger partial charge in [-0.05, 0) is 17.9 Å². The molecule has 2 N–H and O–H groups in total. The van der Waals surface area contributed by atoms with E-state index >= 15 is 0 Å². The lowest BCUT2D eigenvalue weighted by Crippen LogP contribution is -2.27. The molecule has 100 valence electrons. The smallest absolute Gasteiger partial charge is 0.100 e. The molecule has 1 aromatic carbocycles. The van der Waals surface area contributed by atoms with Gasteiger partial charge in [-0.3, -0.25) is 0 Å². The number of fused-ring (bicyclic) bond motifs is 3. The molecular formula is C16H20N2S. The second kappa shape index (κ2) is 4.43. The molecular weight excluding hydrogens is 252 g/mol. The summed E-state index contributed by atoms with van der Waals surface area (Å²) in [4.78, 5) is 6.33. The van der Waals surface area contributed by atoms with Gasteiger partial charge in [0.25, 0.3) is 0 Å². The third-order valence-corrected chi connectivity index (χ3v) is 5.47. The van der Waals surface area contributed by atoms with Crippen LogP contribution in [0.3, 0.4) is 0 Å². The number of benzene rings is 1. The molecule has 1 aliphatic carbocycles. The molecule has 1 unspecified atom stereocenters. The first-order chi connectivity index (χ1) is 9.03. The monoisotopic (exact) mass is 272 g/mol. The largest absolute Gasteiger partial charge is 0.330 e. The lowest BCUT2D eigenvalue weighted by atomic mass is 9.85. The molecule has 0 bridgehead atoms. The van der Waals surface area contributed by atoms with Gasteiger partial charge in [-0.25, -0.2) is 4.98 Å². The highest BCUT2D eigenvalue weighted by molar-refractivity contribution is 7.12. The van der Waals surface area contributed by atoms with E-state index in [2.05, 4.69) is 45.0 Å². The fourth-order valence-electron chi connectivity index (χ4n) is 2.61. The van der Waals surface area contributed by atoms with Gasteiger partial charge in [-0.1, -0.05) is 45.0 Å². The fourth-order valence-corrected chi connectivity index (χ4v) is 3.92. The van der Waals surface area contributed by atoms with Crippen LogP contribution < -0.4 is 5.73 Å². The van der Waals surface area contributed by atoms with Crippen LogP contribution in [0.25, 0.3) is 11.3 Å². The summed E-state index contributed by atoms with van der Waals surface area (Å²) in [5.74, 6) is 0.581. The third-order valence-electron chi connectivity index (χ3n) is 4.03. The molecule has 19 heavy (non-hydrogen) atoms. The Bertz CT molecular complexity index is 613. The summed E-state index contributed by atoms with van der Waals surface area (Å²) < 4.78 is 0. The highest BCUT2D eigenvalue weighted by Gasteiger charge is 2.29. The average Bonchev–Trinajstić information content (AvgIpc) is 2.84. The lowest BCUT2D eigenvalue weighted by molar-refractivity contribution is 0.536. The summed E-state index contributed by atoms with van der Waals surface area (Å²) in [5.41, 5.74) is 9.79. The Morgan fingerprint density at radius 2 is 2.11 bits per heavy atom. The van der Waals surface area contributed by atoms with E-state index in [0.717, 1.165) is 6.42 Å². The van der Waals surface area contributed by atoms with Crippen LogP contribution in [0.15, 0.2) is 24.3 Å². The van der Waals surface area contributed by atoms with Gasteiger partial charge >= 0.3 is 0 Å². The Morgan fingerprint density at radius 1 is 1.37 bits per heavy atom. The van der Waals surface area contributed by atoms with Crippen molar-refractivity contribution in [2.45, 2.75) is 38.5 Å². The van der Waals surface area contributed by atoms with Crippen LogP contribution in [-0.2, 0) is 11.8 Å². The highest BCUT2D eigenvalue weighted by Crippen LogP contribution is 2.43. The topological polar surface area (TPSA) is 38.9 Å². The van der Waals surface area contributed by atoms with E-state index in [1.54, 1.807) is 0 Å². The van der Waals surface area contributed by atoms with Crippen molar-refractivity contribution in [1.29, 1.82) is 0 Å². The van der Waals surface area contributed by atoms with Crippen molar-refractivity contribution in [2.75, 3.05) is 6.54 Å². The van der Waals surface area contributed by atoms with Crippen molar-refractivity contribution in [3.8, 4) is 11.3 Å². The normalized spacial score (nSPS) is 18.0. The number of rotatable bonds is 2. The third kappa shape index (κ3) is 2.01. The highest BCUT2D eigenvalue weighted by atomic mass is 32.1. The first kappa shape index (κ1) is 12.8. The van der Waals surface area contributed by atoms with Crippen LogP contribution in [-0.4, -0.2) is 11.5 Å². The summed E-state index contributed by atoms with van der Waals surface area (Å²) in [6, 6.07) is 8.66. The van der Waals surface area contributed by atoms with Gasteiger partial charge in [-0.2, -0.15) is 0 Å². The van der Waals surface area contributed by atoms with Crippen molar-refractivity contribution < 1.29 is 0 Å². The van der Waals surface area contributed by atoms with Crippen LogP contribution in [0.2, 0.25) is 0 Å². The molecule has 0 aliphatic heterocycles. The van der Waals surface area contributed by atoms with Gasteiger partial charge in [-0.15, -0.1) is 11.3 Å². The molecule has 1 aromatic heterocycles. The Morgan fingerprint density at radius 3 is 2.84 bits per heavy atom. The van der Waals surface area contributed by atoms with E-state index in [0.29, 0.717) is 12.5 Å². The zero-order chi connectivity index (χ0) is 13.6. The Labute approximate surface area is 118 Å². The SMILES string of the molecule is CC1Cc2sc(C(C)(C)CN)nc2-c2ccccc21. The van der Waals surface area contributed by atoms with Crippen LogP contribution >= 0.6 is 11.3 Å². The number of hydrogen-bond acceptors (Lipinski definition) is 3. The maximum atomic E-state index is 5.88. The second-order valence-electron chi connectivity index (χ2n) is 6.07. The van der Waals surface area contributed by atoms with Crippen LogP contribution in [0.4, 0.5) is 0 Å². The quantitative estimate of drug-likeness (QED) is 0.905. The molecule has 0 radical (unpaired) electrons. The zero-order valence-electron chi connectivity index (χ0n) is 11.7. The minimum Gasteiger partial charge on any atom is -0.330 e. The number of hydrogen-bond donors (Lipinski definition) is 1. The molecule has 0 fully saturated rings. The number of thiazole rings is 1. The van der Waals surface area contributed by atoms with E-state index < -0.39 is 0 Å². The van der Waals surface area contributed by atoms with Gasteiger partial charge in [0, 0.05) is 22.4 Å². The van der Waals surface area contributed by atoms with Crippen LogP contribution in [0.1, 0.15) is 42.1 Å². The number of nitrogens with two attached hydrogens (primary N) is 1. The fraction of sp³-hybridized carbons (Fsp3) is 0.438. The minimum atomic E-state index is -0.0276. The van der Waals surface area contributed by atoms with Crippen molar-refractivity contribution >= 4 is 11.3 Å². The van der Waals surface area contributed by atoms with Gasteiger partial charge in [0.05, 0.1) is 5.69 Å². The second-order valence-corrected chi connectivity index (χ2v) is 7.15. The van der Waals surface area contributed by atoms with Gasteiger partial charge in [0.2, 0.25) is 0 Å². The van der Waals surface area contributed by atoms with Crippen molar-refractivity contribution in [3.05, 3.63) is 39.7 Å². The molecule has 1 heterocycles. The Hall–Kier alpha value is -1.19. The maximum absolute atomic E-state index is 5.88. The van der Waals surface area contributed by atoms with Crippen LogP contribution in [0, 0.1) is 0 Å². The van der Waals surface area contributed by atoms with Crippen molar-refractivity contribution in [2.24, 2.45) is 5.73 Å². The van der Waals surface area contributed by atoms with Crippen molar-refractivity contribution in [3.63, 3.8) is 0 Å². The van der Waals surface area contributed by atoms with E-state index in [1.807, 2.05) is 11.3 Å². The lowest BCUT2D eigenvalue weighted by Gasteiger charge is -2.21. The van der Waals surface area contributed by atoms with E-state index in [4.69, 9.17) is 10.7 Å². The number of aromatic nitrogens is 1. The zero-order valence-corrected chi connectivity index (χ0v) is 12.6. The standard InChI is InChI=1S/C16H20N2S/c1-10-8-13-14(12-7-5-4-6-11(10)12)18-15(19-13)16(2,3)9-17/h4-7,10H,8-9,17H2,1-3H3. The molecule has 1 aliphatic rings. The molecule has 3 heteroatoms.